The monoisotopic (exact) mass is 650 g/mol. The van der Waals surface area contributed by atoms with E-state index in [1.54, 1.807) is 12.1 Å². The molecule has 0 unspecified atom stereocenters. The lowest BCUT2D eigenvalue weighted by molar-refractivity contribution is 0.669. The highest BCUT2D eigenvalue weighted by Crippen LogP contribution is 2.38. The fraction of sp³-hybridized carbons (Fsp3) is 0. The van der Waals surface area contributed by atoms with E-state index in [2.05, 4.69) is 68.0 Å². The lowest BCUT2D eigenvalue weighted by atomic mass is 10.0. The number of aromatic nitrogens is 4. The molecule has 5 heteroatoms. The molecule has 3 aromatic heterocycles. The van der Waals surface area contributed by atoms with Crippen molar-refractivity contribution < 1.29 is 18.1 Å². The molecule has 0 aliphatic carbocycles. The van der Waals surface area contributed by atoms with Crippen LogP contribution >= 0.6 is 0 Å². The third kappa shape index (κ3) is 4.67. The maximum atomic E-state index is 8.63. The van der Waals surface area contributed by atoms with E-state index in [0.29, 0.717) is 16.7 Å². The molecule has 10 aromatic rings. The molecular formula is C45H28N4O. The van der Waals surface area contributed by atoms with Crippen molar-refractivity contribution in [2.75, 3.05) is 0 Å². The minimum atomic E-state index is -0.613. The second-order valence-electron chi connectivity index (χ2n) is 11.8. The molecule has 0 aliphatic heterocycles. The highest BCUT2D eigenvalue weighted by Gasteiger charge is 2.17. The van der Waals surface area contributed by atoms with Gasteiger partial charge in [0.05, 0.1) is 24.7 Å². The number of benzene rings is 7. The van der Waals surface area contributed by atoms with Crippen LogP contribution in [0.15, 0.2) is 174 Å². The zero-order valence-electron chi connectivity index (χ0n) is 36.1. The molecule has 0 N–H and O–H groups in total. The van der Waals surface area contributed by atoms with Gasteiger partial charge in [0.15, 0.2) is 17.5 Å². The molecule has 0 atom stereocenters. The van der Waals surface area contributed by atoms with Crippen molar-refractivity contribution in [3.63, 3.8) is 0 Å². The summed E-state index contributed by atoms with van der Waals surface area (Å²) in [5.74, 6) is -0.722. The second-order valence-corrected chi connectivity index (χ2v) is 11.8. The van der Waals surface area contributed by atoms with Gasteiger partial charge < -0.3 is 8.98 Å². The van der Waals surface area contributed by atoms with E-state index < -0.39 is 60.4 Å². The van der Waals surface area contributed by atoms with Gasteiger partial charge in [-0.3, -0.25) is 0 Å². The molecule has 0 bridgehead atoms. The molecule has 0 spiro atoms. The van der Waals surface area contributed by atoms with E-state index in [1.165, 1.54) is 0 Å². The summed E-state index contributed by atoms with van der Waals surface area (Å²) in [7, 11) is 0. The summed E-state index contributed by atoms with van der Waals surface area (Å²) in [5, 5.41) is 3.87. The first-order valence-corrected chi connectivity index (χ1v) is 15.9. The minimum Gasteiger partial charge on any atom is -0.456 e. The standard InChI is InChI=1S/C45H28N4O/c1-4-12-29(13-5-1)32-20-23-36-35-18-10-11-19-39(35)49(40(36)26-32)34-22-25-41-38(28-34)37-24-21-33(27-42(37)50-41)45-47-43(30-14-6-2-7-15-30)46-44(48-45)31-16-8-3-9-17-31/h1-28H/i2D,3D,6D,7D,8D,9D,14D,15D,16D,17D. The third-order valence-electron chi connectivity index (χ3n) is 8.83. The van der Waals surface area contributed by atoms with Gasteiger partial charge in [-0.25, -0.2) is 15.0 Å². The molecule has 234 valence electrons. The van der Waals surface area contributed by atoms with Crippen molar-refractivity contribution in [3.05, 3.63) is 170 Å². The summed E-state index contributed by atoms with van der Waals surface area (Å²) in [6, 6.07) is 30.4. The fourth-order valence-corrected chi connectivity index (χ4v) is 6.55. The maximum Gasteiger partial charge on any atom is 0.164 e. The number of nitrogens with zero attached hydrogens (tertiary/aromatic N) is 4. The van der Waals surface area contributed by atoms with Gasteiger partial charge >= 0.3 is 0 Å². The zero-order valence-corrected chi connectivity index (χ0v) is 26.1. The summed E-state index contributed by atoms with van der Waals surface area (Å²) >= 11 is 0. The van der Waals surface area contributed by atoms with Gasteiger partial charge in [-0.15, -0.1) is 0 Å². The zero-order chi connectivity index (χ0) is 41.7. The van der Waals surface area contributed by atoms with Crippen molar-refractivity contribution >= 4 is 43.7 Å². The van der Waals surface area contributed by atoms with Crippen molar-refractivity contribution in [2.45, 2.75) is 0 Å². The molecule has 7 aromatic carbocycles. The SMILES string of the molecule is [2H]c1c([2H])c([2H])c(-c2nc(-c3ccc4c(c3)oc3ccc(-n5c6ccccc6c6ccc(-c7ccccc7)cc65)cc34)nc(-c3c([2H])c([2H])c([2H])c([2H])c3[2H])n2)c([2H])c1[2H]. The molecule has 0 radical (unpaired) electrons. The lowest BCUT2D eigenvalue weighted by Crippen LogP contribution is -2.00. The molecule has 5 nitrogen and oxygen atoms in total. The molecule has 10 rings (SSSR count). The van der Waals surface area contributed by atoms with E-state index in [4.69, 9.17) is 18.1 Å². The summed E-state index contributed by atoms with van der Waals surface area (Å²) in [4.78, 5) is 13.5. The number of para-hydroxylation sites is 1. The summed E-state index contributed by atoms with van der Waals surface area (Å²) in [5.41, 5.74) is 6.03. The Labute approximate surface area is 301 Å². The van der Waals surface area contributed by atoms with Crippen LogP contribution in [0.1, 0.15) is 13.7 Å². The van der Waals surface area contributed by atoms with Crippen LogP contribution in [0.5, 0.6) is 0 Å². The highest BCUT2D eigenvalue weighted by molar-refractivity contribution is 6.11. The van der Waals surface area contributed by atoms with E-state index in [1.807, 2.05) is 48.5 Å². The van der Waals surface area contributed by atoms with Crippen molar-refractivity contribution in [3.8, 4) is 51.0 Å². The smallest absolute Gasteiger partial charge is 0.164 e. The average molecular weight is 651 g/mol. The first-order chi connectivity index (χ1) is 28.9. The molecule has 0 fully saturated rings. The van der Waals surface area contributed by atoms with Gasteiger partial charge in [0.2, 0.25) is 0 Å². The third-order valence-corrected chi connectivity index (χ3v) is 8.83. The molecule has 0 saturated heterocycles. The Hall–Kier alpha value is -6.85. The van der Waals surface area contributed by atoms with Crippen LogP contribution in [0.2, 0.25) is 0 Å². The molecule has 0 saturated carbocycles. The van der Waals surface area contributed by atoms with Gasteiger partial charge in [-0.05, 0) is 53.6 Å². The van der Waals surface area contributed by atoms with Gasteiger partial charge in [0.1, 0.15) is 11.2 Å². The molecule has 3 heterocycles. The topological polar surface area (TPSA) is 56.7 Å². The number of rotatable bonds is 5. The summed E-state index contributed by atoms with van der Waals surface area (Å²) in [6.45, 7) is 0. The number of hydrogen-bond donors (Lipinski definition) is 0. The quantitative estimate of drug-likeness (QED) is 0.186. The summed E-state index contributed by atoms with van der Waals surface area (Å²) < 4.78 is 92.5. The van der Waals surface area contributed by atoms with E-state index in [9.17, 15) is 0 Å². The highest BCUT2D eigenvalue weighted by atomic mass is 16.3. The van der Waals surface area contributed by atoms with Crippen molar-refractivity contribution in [2.24, 2.45) is 0 Å². The lowest BCUT2D eigenvalue weighted by Gasteiger charge is -2.09. The predicted octanol–water partition coefficient (Wildman–Crippen LogP) is 11.5. The number of fused-ring (bicyclic) bond motifs is 6. The Balaban J connectivity index is 1.16. The van der Waals surface area contributed by atoms with Crippen LogP contribution in [-0.2, 0) is 0 Å². The van der Waals surface area contributed by atoms with Crippen LogP contribution in [0.4, 0.5) is 0 Å². The van der Waals surface area contributed by atoms with E-state index in [-0.39, 0.29) is 28.6 Å². The predicted molar refractivity (Wildman–Crippen MR) is 203 cm³/mol. The first kappa shape index (κ1) is 19.8. The Morgan fingerprint density at radius 2 is 1.04 bits per heavy atom. The van der Waals surface area contributed by atoms with Crippen molar-refractivity contribution in [1.29, 1.82) is 0 Å². The number of furan rings is 1. The van der Waals surface area contributed by atoms with E-state index >= 15 is 0 Å². The van der Waals surface area contributed by atoms with Gasteiger partial charge in [0.25, 0.3) is 0 Å². The van der Waals surface area contributed by atoms with Crippen molar-refractivity contribution in [1.82, 2.24) is 19.5 Å². The normalized spacial score (nSPS) is 14.4. The Bertz CT molecular complexity index is 3310. The first-order valence-electron chi connectivity index (χ1n) is 20.9. The minimum absolute atomic E-state index is 0.0452. The Morgan fingerprint density at radius 1 is 0.420 bits per heavy atom. The van der Waals surface area contributed by atoms with Crippen LogP contribution in [0.3, 0.4) is 0 Å². The maximum absolute atomic E-state index is 8.63. The summed E-state index contributed by atoms with van der Waals surface area (Å²) in [6.07, 6.45) is 0. The second kappa shape index (κ2) is 11.4. The largest absolute Gasteiger partial charge is 0.456 e. The number of hydrogen-bond acceptors (Lipinski definition) is 4. The Morgan fingerprint density at radius 3 is 1.78 bits per heavy atom. The van der Waals surface area contributed by atoms with E-state index in [0.717, 1.165) is 49.4 Å². The van der Waals surface area contributed by atoms with Gasteiger partial charge in [-0.1, -0.05) is 127 Å². The average Bonchev–Trinajstić information content (AvgIpc) is 3.81. The molecule has 50 heavy (non-hydrogen) atoms. The van der Waals surface area contributed by atoms with Crippen LogP contribution < -0.4 is 0 Å². The van der Waals surface area contributed by atoms with Crippen LogP contribution in [0, 0.1) is 0 Å². The Kier molecular flexibility index (Phi) is 4.52. The van der Waals surface area contributed by atoms with Crippen LogP contribution in [-0.4, -0.2) is 19.5 Å². The van der Waals surface area contributed by atoms with Gasteiger partial charge in [0, 0.05) is 43.9 Å². The van der Waals surface area contributed by atoms with Crippen LogP contribution in [0.25, 0.3) is 94.7 Å². The molecular weight excluding hydrogens is 613 g/mol. The molecule has 0 aliphatic rings. The fourth-order valence-electron chi connectivity index (χ4n) is 6.55. The van der Waals surface area contributed by atoms with Gasteiger partial charge in [-0.2, -0.15) is 0 Å². The molecule has 0 amide bonds.